The maximum atomic E-state index is 12.1. The lowest BCUT2D eigenvalue weighted by atomic mass is 10.2. The molecule has 0 bridgehead atoms. The third-order valence-electron chi connectivity index (χ3n) is 3.43. The Balaban J connectivity index is 1.44. The number of carbonyl (C=O) groups excluding carboxylic acids is 1. The molecule has 6 nitrogen and oxygen atoms in total. The fraction of sp³-hybridized carbons (Fsp3) is 0.167. The van der Waals surface area contributed by atoms with E-state index in [1.54, 1.807) is 35.1 Å². The van der Waals surface area contributed by atoms with E-state index < -0.39 is 0 Å². The molecule has 0 aliphatic rings. The van der Waals surface area contributed by atoms with Crippen molar-refractivity contribution in [1.29, 1.82) is 0 Å². The Morgan fingerprint density at radius 2 is 1.88 bits per heavy atom. The van der Waals surface area contributed by atoms with Crippen molar-refractivity contribution >= 4 is 17.5 Å². The molecule has 0 saturated heterocycles. The van der Waals surface area contributed by atoms with Gasteiger partial charge in [0.25, 0.3) is 5.91 Å². The molecule has 0 aliphatic heterocycles. The third-order valence-corrected chi connectivity index (χ3v) is 3.68. The van der Waals surface area contributed by atoms with Crippen LogP contribution in [-0.2, 0) is 6.54 Å². The zero-order chi connectivity index (χ0) is 17.5. The number of hydrogen-bond acceptors (Lipinski definition) is 4. The molecule has 1 N–H and O–H groups in total. The molecule has 0 fully saturated rings. The number of aromatic nitrogens is 3. The fourth-order valence-corrected chi connectivity index (χ4v) is 2.33. The quantitative estimate of drug-likeness (QED) is 0.661. The average molecular weight is 357 g/mol. The van der Waals surface area contributed by atoms with Gasteiger partial charge in [-0.3, -0.25) is 4.79 Å². The summed E-state index contributed by atoms with van der Waals surface area (Å²) < 4.78 is 7.15. The van der Waals surface area contributed by atoms with Crippen LogP contribution in [0, 0.1) is 0 Å². The number of nitrogens with zero attached hydrogens (tertiary/aromatic N) is 3. The van der Waals surface area contributed by atoms with Crippen molar-refractivity contribution in [1.82, 2.24) is 20.3 Å². The van der Waals surface area contributed by atoms with Gasteiger partial charge in [-0.15, -0.1) is 5.10 Å². The molecule has 0 unspecified atom stereocenters. The van der Waals surface area contributed by atoms with Gasteiger partial charge in [-0.2, -0.15) is 0 Å². The highest BCUT2D eigenvalue weighted by Crippen LogP contribution is 2.15. The molecular formula is C18H17ClN4O2. The van der Waals surface area contributed by atoms with Crippen LogP contribution < -0.4 is 10.1 Å². The van der Waals surface area contributed by atoms with Gasteiger partial charge in [0.2, 0.25) is 0 Å². The van der Waals surface area contributed by atoms with Crippen LogP contribution in [0.4, 0.5) is 0 Å². The van der Waals surface area contributed by atoms with Crippen LogP contribution in [-0.4, -0.2) is 34.1 Å². The number of hydrogen-bond donors (Lipinski definition) is 1. The molecule has 0 aliphatic carbocycles. The number of rotatable bonds is 7. The van der Waals surface area contributed by atoms with Gasteiger partial charge in [-0.05, 0) is 29.8 Å². The molecule has 0 atom stereocenters. The number of carbonyl (C=O) groups is 1. The standard InChI is InChI=1S/C18H17ClN4O2/c19-15-6-8-16(9-7-15)25-11-10-20-18(24)17-13-23(22-21-17)12-14-4-2-1-3-5-14/h1-9,13H,10-12H2,(H,20,24). The monoisotopic (exact) mass is 356 g/mol. The zero-order valence-electron chi connectivity index (χ0n) is 13.4. The van der Waals surface area contributed by atoms with Crippen molar-refractivity contribution in [3.05, 3.63) is 77.1 Å². The van der Waals surface area contributed by atoms with Crippen LogP contribution in [0.3, 0.4) is 0 Å². The van der Waals surface area contributed by atoms with Crippen LogP contribution in [0.1, 0.15) is 16.1 Å². The van der Waals surface area contributed by atoms with Crippen LogP contribution in [0.25, 0.3) is 0 Å². The molecule has 25 heavy (non-hydrogen) atoms. The highest BCUT2D eigenvalue weighted by atomic mass is 35.5. The first-order chi connectivity index (χ1) is 12.2. The first-order valence-corrected chi connectivity index (χ1v) is 8.19. The molecule has 3 rings (SSSR count). The Hall–Kier alpha value is -2.86. The summed E-state index contributed by atoms with van der Waals surface area (Å²) in [6.45, 7) is 1.29. The van der Waals surface area contributed by atoms with Gasteiger partial charge >= 0.3 is 0 Å². The first kappa shape index (κ1) is 17.0. The third kappa shape index (κ3) is 5.06. The van der Waals surface area contributed by atoms with Gasteiger partial charge in [0, 0.05) is 5.02 Å². The second-order valence-electron chi connectivity index (χ2n) is 5.35. The van der Waals surface area contributed by atoms with Crippen molar-refractivity contribution < 1.29 is 9.53 Å². The maximum absolute atomic E-state index is 12.1. The molecule has 0 saturated carbocycles. The van der Waals surface area contributed by atoms with Crippen molar-refractivity contribution in [2.75, 3.05) is 13.2 Å². The minimum atomic E-state index is -0.279. The molecule has 1 amide bonds. The van der Waals surface area contributed by atoms with Crippen molar-refractivity contribution in [2.24, 2.45) is 0 Å². The summed E-state index contributed by atoms with van der Waals surface area (Å²) in [4.78, 5) is 12.1. The van der Waals surface area contributed by atoms with Gasteiger partial charge in [0.05, 0.1) is 19.3 Å². The predicted octanol–water partition coefficient (Wildman–Crippen LogP) is 2.79. The van der Waals surface area contributed by atoms with E-state index in [1.165, 1.54) is 0 Å². The Bertz CT molecular complexity index is 819. The average Bonchev–Trinajstić information content (AvgIpc) is 3.09. The molecular weight excluding hydrogens is 340 g/mol. The minimum absolute atomic E-state index is 0.279. The lowest BCUT2D eigenvalue weighted by Crippen LogP contribution is -2.28. The number of halogens is 1. The first-order valence-electron chi connectivity index (χ1n) is 7.81. The summed E-state index contributed by atoms with van der Waals surface area (Å²) in [5.41, 5.74) is 1.37. The van der Waals surface area contributed by atoms with E-state index in [2.05, 4.69) is 15.6 Å². The van der Waals surface area contributed by atoms with E-state index >= 15 is 0 Å². The van der Waals surface area contributed by atoms with E-state index in [9.17, 15) is 4.79 Å². The van der Waals surface area contributed by atoms with Crippen LogP contribution in [0.15, 0.2) is 60.8 Å². The van der Waals surface area contributed by atoms with Gasteiger partial charge in [-0.1, -0.05) is 47.1 Å². The summed E-state index contributed by atoms with van der Waals surface area (Å²) in [6.07, 6.45) is 1.63. The van der Waals surface area contributed by atoms with Gasteiger partial charge < -0.3 is 10.1 Å². The van der Waals surface area contributed by atoms with E-state index in [0.717, 1.165) is 5.56 Å². The van der Waals surface area contributed by atoms with Crippen LogP contribution >= 0.6 is 11.6 Å². The van der Waals surface area contributed by atoms with Crippen molar-refractivity contribution in [3.63, 3.8) is 0 Å². The Kier molecular flexibility index (Phi) is 5.64. The summed E-state index contributed by atoms with van der Waals surface area (Å²) >= 11 is 5.81. The lowest BCUT2D eigenvalue weighted by Gasteiger charge is -2.06. The molecule has 1 heterocycles. The van der Waals surface area contributed by atoms with Gasteiger partial charge in [-0.25, -0.2) is 4.68 Å². The number of nitrogens with one attached hydrogen (secondary N) is 1. The molecule has 0 radical (unpaired) electrons. The normalized spacial score (nSPS) is 10.4. The highest BCUT2D eigenvalue weighted by molar-refractivity contribution is 6.30. The Morgan fingerprint density at radius 3 is 2.64 bits per heavy atom. The Morgan fingerprint density at radius 1 is 1.12 bits per heavy atom. The number of benzene rings is 2. The van der Waals surface area contributed by atoms with Crippen molar-refractivity contribution in [2.45, 2.75) is 6.54 Å². The summed E-state index contributed by atoms with van der Waals surface area (Å²) in [6, 6.07) is 16.9. The molecule has 2 aromatic carbocycles. The molecule has 7 heteroatoms. The minimum Gasteiger partial charge on any atom is -0.492 e. The van der Waals surface area contributed by atoms with Crippen LogP contribution in [0.5, 0.6) is 5.75 Å². The fourth-order valence-electron chi connectivity index (χ4n) is 2.21. The topological polar surface area (TPSA) is 69.0 Å². The van der Waals surface area contributed by atoms with Crippen LogP contribution in [0.2, 0.25) is 5.02 Å². The zero-order valence-corrected chi connectivity index (χ0v) is 14.2. The maximum Gasteiger partial charge on any atom is 0.273 e. The lowest BCUT2D eigenvalue weighted by molar-refractivity contribution is 0.0942. The van der Waals surface area contributed by atoms with Crippen molar-refractivity contribution in [3.8, 4) is 5.75 Å². The second kappa shape index (κ2) is 8.30. The molecule has 3 aromatic rings. The molecule has 128 valence electrons. The summed E-state index contributed by atoms with van der Waals surface area (Å²) in [5.74, 6) is 0.423. The smallest absolute Gasteiger partial charge is 0.273 e. The summed E-state index contributed by atoms with van der Waals surface area (Å²) in [5, 5.41) is 11.3. The Labute approximate surface area is 150 Å². The molecule has 0 spiro atoms. The predicted molar refractivity (Wildman–Crippen MR) is 94.8 cm³/mol. The SMILES string of the molecule is O=C(NCCOc1ccc(Cl)cc1)c1cn(Cc2ccccc2)nn1. The van der Waals surface area contributed by atoms with E-state index in [4.69, 9.17) is 16.3 Å². The number of amides is 1. The van der Waals surface area contributed by atoms with Gasteiger partial charge in [0.1, 0.15) is 12.4 Å². The number of ether oxygens (including phenoxy) is 1. The molecule has 1 aromatic heterocycles. The highest BCUT2D eigenvalue weighted by Gasteiger charge is 2.10. The summed E-state index contributed by atoms with van der Waals surface area (Å²) in [7, 11) is 0. The van der Waals surface area contributed by atoms with E-state index in [0.29, 0.717) is 30.5 Å². The second-order valence-corrected chi connectivity index (χ2v) is 5.78. The van der Waals surface area contributed by atoms with E-state index in [1.807, 2.05) is 30.3 Å². The van der Waals surface area contributed by atoms with Gasteiger partial charge in [0.15, 0.2) is 5.69 Å². The van der Waals surface area contributed by atoms with E-state index in [-0.39, 0.29) is 11.6 Å². The largest absolute Gasteiger partial charge is 0.492 e.